The summed E-state index contributed by atoms with van der Waals surface area (Å²) in [6.45, 7) is 1.19. The molecule has 4 aromatic carbocycles. The molecule has 1 amide bonds. The third-order valence-electron chi connectivity index (χ3n) is 6.75. The molecule has 1 aliphatic rings. The monoisotopic (exact) mass is 565 g/mol. The molecule has 0 spiro atoms. The Morgan fingerprint density at radius 3 is 2.15 bits per heavy atom. The van der Waals surface area contributed by atoms with Crippen molar-refractivity contribution >= 4 is 27.3 Å². The molecule has 6 nitrogen and oxygen atoms in total. The Kier molecular flexibility index (Phi) is 7.64. The third-order valence-corrected chi connectivity index (χ3v) is 8.29. The van der Waals surface area contributed by atoms with Gasteiger partial charge in [-0.15, -0.1) is 0 Å². The molecule has 1 atom stereocenters. The highest BCUT2D eigenvalue weighted by atomic mass is 32.2. The fourth-order valence-electron chi connectivity index (χ4n) is 4.70. The van der Waals surface area contributed by atoms with Crippen LogP contribution in [0, 0.1) is 0 Å². The van der Waals surface area contributed by atoms with E-state index < -0.39 is 21.8 Å². The van der Waals surface area contributed by atoms with E-state index in [1.54, 1.807) is 66.7 Å². The highest BCUT2D eigenvalue weighted by Crippen LogP contribution is 2.32. The van der Waals surface area contributed by atoms with Crippen LogP contribution in [0.3, 0.4) is 0 Å². The van der Waals surface area contributed by atoms with Crippen molar-refractivity contribution in [3.8, 4) is 11.1 Å². The number of nitrogens with zero attached hydrogens (tertiary/aromatic N) is 1. The summed E-state index contributed by atoms with van der Waals surface area (Å²) in [4.78, 5) is 15.4. The SMILES string of the molecule is O=C(Nc1ccc(N2CCC(NS(=O)(=O)c3ccccc3)C2)cc1)c1ccccc1-c1ccc(C(F)(F)F)cc1. The zero-order valence-electron chi connectivity index (χ0n) is 21.2. The summed E-state index contributed by atoms with van der Waals surface area (Å²) in [7, 11) is -3.60. The Morgan fingerprint density at radius 1 is 0.825 bits per heavy atom. The summed E-state index contributed by atoms with van der Waals surface area (Å²) in [5.74, 6) is -0.389. The van der Waals surface area contributed by atoms with E-state index in [0.717, 1.165) is 17.8 Å². The first-order valence-corrected chi connectivity index (χ1v) is 14.1. The minimum absolute atomic E-state index is 0.230. The maximum Gasteiger partial charge on any atom is 0.416 e. The number of carbonyl (C=O) groups is 1. The van der Waals surface area contributed by atoms with Crippen molar-refractivity contribution in [2.24, 2.45) is 0 Å². The van der Waals surface area contributed by atoms with E-state index in [-0.39, 0.29) is 16.8 Å². The fourth-order valence-corrected chi connectivity index (χ4v) is 5.99. The zero-order chi connectivity index (χ0) is 28.3. The number of hydrogen-bond donors (Lipinski definition) is 2. The van der Waals surface area contributed by atoms with Crippen LogP contribution >= 0.6 is 0 Å². The molecule has 1 saturated heterocycles. The molecule has 1 unspecified atom stereocenters. The highest BCUT2D eigenvalue weighted by Gasteiger charge is 2.30. The summed E-state index contributed by atoms with van der Waals surface area (Å²) in [5.41, 5.74) is 2.05. The Bertz CT molecular complexity index is 1590. The summed E-state index contributed by atoms with van der Waals surface area (Å²) in [5, 5.41) is 2.85. The van der Waals surface area contributed by atoms with Gasteiger partial charge < -0.3 is 10.2 Å². The average Bonchev–Trinajstić information content (AvgIpc) is 3.41. The second-order valence-corrected chi connectivity index (χ2v) is 11.2. The van der Waals surface area contributed by atoms with Crippen LogP contribution in [0.4, 0.5) is 24.5 Å². The number of hydrogen-bond acceptors (Lipinski definition) is 4. The average molecular weight is 566 g/mol. The Hall–Kier alpha value is -4.15. The molecule has 5 rings (SSSR count). The van der Waals surface area contributed by atoms with Crippen LogP contribution in [0.15, 0.2) is 108 Å². The lowest BCUT2D eigenvalue weighted by Gasteiger charge is -2.20. The molecule has 10 heteroatoms. The molecule has 2 N–H and O–H groups in total. The van der Waals surface area contributed by atoms with Gasteiger partial charge in [0.1, 0.15) is 0 Å². The summed E-state index contributed by atoms with van der Waals surface area (Å²) >= 11 is 0. The first kappa shape index (κ1) is 27.4. The lowest BCUT2D eigenvalue weighted by atomic mass is 9.98. The van der Waals surface area contributed by atoms with Crippen molar-refractivity contribution < 1.29 is 26.4 Å². The first-order valence-electron chi connectivity index (χ1n) is 12.6. The van der Waals surface area contributed by atoms with Gasteiger partial charge in [0.2, 0.25) is 10.0 Å². The second-order valence-electron chi connectivity index (χ2n) is 9.49. The Balaban J connectivity index is 1.23. The molecular weight excluding hydrogens is 539 g/mol. The van der Waals surface area contributed by atoms with Crippen LogP contribution in [0.5, 0.6) is 0 Å². The second kappa shape index (κ2) is 11.1. The molecule has 0 bridgehead atoms. The molecule has 0 aromatic heterocycles. The topological polar surface area (TPSA) is 78.5 Å². The maximum absolute atomic E-state index is 13.1. The summed E-state index contributed by atoms with van der Waals surface area (Å²) in [6, 6.07) is 26.7. The van der Waals surface area contributed by atoms with Crippen LogP contribution in [-0.2, 0) is 16.2 Å². The number of anilines is 2. The van der Waals surface area contributed by atoms with Gasteiger partial charge in [0.25, 0.3) is 5.91 Å². The van der Waals surface area contributed by atoms with E-state index in [1.807, 2.05) is 12.1 Å². The molecule has 1 heterocycles. The van der Waals surface area contributed by atoms with Crippen molar-refractivity contribution in [1.82, 2.24) is 4.72 Å². The van der Waals surface area contributed by atoms with Crippen LogP contribution in [0.2, 0.25) is 0 Å². The number of carbonyl (C=O) groups excluding carboxylic acids is 1. The van der Waals surface area contributed by atoms with Crippen LogP contribution in [-0.4, -0.2) is 33.5 Å². The van der Waals surface area contributed by atoms with Crippen LogP contribution in [0.1, 0.15) is 22.3 Å². The van der Waals surface area contributed by atoms with Gasteiger partial charge in [-0.3, -0.25) is 4.79 Å². The molecule has 0 radical (unpaired) electrons. The maximum atomic E-state index is 13.1. The predicted molar refractivity (Wildman–Crippen MR) is 149 cm³/mol. The smallest absolute Gasteiger partial charge is 0.370 e. The first-order chi connectivity index (χ1) is 19.1. The quantitative estimate of drug-likeness (QED) is 0.281. The number of halogens is 3. The molecule has 1 aliphatic heterocycles. The highest BCUT2D eigenvalue weighted by molar-refractivity contribution is 7.89. The molecule has 4 aromatic rings. The number of rotatable bonds is 7. The van der Waals surface area contributed by atoms with Gasteiger partial charge in [0.05, 0.1) is 10.5 Å². The van der Waals surface area contributed by atoms with Gasteiger partial charge in [-0.1, -0.05) is 48.5 Å². The van der Waals surface area contributed by atoms with Crippen LogP contribution in [0.25, 0.3) is 11.1 Å². The van der Waals surface area contributed by atoms with E-state index >= 15 is 0 Å². The van der Waals surface area contributed by atoms with Crippen molar-refractivity contribution in [1.29, 1.82) is 0 Å². The lowest BCUT2D eigenvalue weighted by molar-refractivity contribution is -0.137. The van der Waals surface area contributed by atoms with Crippen LogP contribution < -0.4 is 14.9 Å². The fraction of sp³-hybridized carbons (Fsp3) is 0.167. The molecule has 0 aliphatic carbocycles. The van der Waals surface area contributed by atoms with Gasteiger partial charge in [-0.05, 0) is 72.1 Å². The van der Waals surface area contributed by atoms with Gasteiger partial charge in [-0.25, -0.2) is 13.1 Å². The van der Waals surface area contributed by atoms with Gasteiger partial charge in [-0.2, -0.15) is 13.2 Å². The largest absolute Gasteiger partial charge is 0.416 e. The number of benzene rings is 4. The summed E-state index contributed by atoms with van der Waals surface area (Å²) < 4.78 is 66.9. The zero-order valence-corrected chi connectivity index (χ0v) is 22.0. The molecule has 0 saturated carbocycles. The molecule has 206 valence electrons. The van der Waals surface area contributed by atoms with Crippen molar-refractivity contribution in [2.45, 2.75) is 23.5 Å². The standard InChI is InChI=1S/C30H26F3N3O3S/c31-30(32,33)22-12-10-21(11-13-22)27-8-4-5-9-28(27)29(37)34-23-14-16-25(17-15-23)36-19-18-24(20-36)35-40(38,39)26-6-2-1-3-7-26/h1-17,24,35H,18-20H2,(H,34,37). The van der Waals surface area contributed by atoms with Gasteiger partial charge >= 0.3 is 6.18 Å². The minimum atomic E-state index is -4.44. The number of amides is 1. The third kappa shape index (κ3) is 6.19. The van der Waals surface area contributed by atoms with E-state index in [0.29, 0.717) is 41.9 Å². The van der Waals surface area contributed by atoms with Gasteiger partial charge in [0.15, 0.2) is 0 Å². The van der Waals surface area contributed by atoms with E-state index in [2.05, 4.69) is 14.9 Å². The van der Waals surface area contributed by atoms with Crippen molar-refractivity contribution in [2.75, 3.05) is 23.3 Å². The molecule has 40 heavy (non-hydrogen) atoms. The van der Waals surface area contributed by atoms with Crippen molar-refractivity contribution in [3.63, 3.8) is 0 Å². The number of nitrogens with one attached hydrogen (secondary N) is 2. The number of alkyl halides is 3. The van der Waals surface area contributed by atoms with E-state index in [1.165, 1.54) is 12.1 Å². The normalized spacial score (nSPS) is 15.7. The predicted octanol–water partition coefficient (Wildman–Crippen LogP) is 6.18. The number of sulfonamides is 1. The Labute approximate surface area is 230 Å². The van der Waals surface area contributed by atoms with E-state index in [4.69, 9.17) is 0 Å². The lowest BCUT2D eigenvalue weighted by Crippen LogP contribution is -2.37. The Morgan fingerprint density at radius 2 is 1.48 bits per heavy atom. The van der Waals surface area contributed by atoms with E-state index in [9.17, 15) is 26.4 Å². The van der Waals surface area contributed by atoms with Crippen molar-refractivity contribution in [3.05, 3.63) is 114 Å². The minimum Gasteiger partial charge on any atom is -0.370 e. The molecule has 1 fully saturated rings. The summed E-state index contributed by atoms with van der Waals surface area (Å²) in [6.07, 6.45) is -3.78. The van der Waals surface area contributed by atoms with Gasteiger partial charge in [0, 0.05) is 36.1 Å². The molecular formula is C30H26F3N3O3S.